The average molecular weight is 443 g/mol. The molecular formula is C23H50N6O2. The van der Waals surface area contributed by atoms with Crippen LogP contribution in [0.4, 0.5) is 0 Å². The number of carbonyl (C=O) groups is 1. The Morgan fingerprint density at radius 2 is 1.06 bits per heavy atom. The van der Waals surface area contributed by atoms with Gasteiger partial charge in [-0.15, -0.1) is 0 Å². The van der Waals surface area contributed by atoms with Crippen molar-refractivity contribution in [3.63, 3.8) is 0 Å². The minimum Gasteiger partial charge on any atom is -0.383 e. The first-order valence-corrected chi connectivity index (χ1v) is 12.1. The van der Waals surface area contributed by atoms with Crippen LogP contribution in [0.1, 0.15) is 20.3 Å². The quantitative estimate of drug-likeness (QED) is 0.607. The molecule has 3 saturated heterocycles. The number of piperazine rings is 3. The Kier molecular flexibility index (Phi) is 15.3. The zero-order chi connectivity index (χ0) is 23.1. The zero-order valence-corrected chi connectivity index (χ0v) is 21.3. The Morgan fingerprint density at radius 3 is 1.42 bits per heavy atom. The Balaban J connectivity index is 0.000000233. The standard InChI is InChI=1S/C8H18N2O.C8H18N2.C7H14N2O/c1-9-3-5-10(6-4-9)7-8-11-2;1-3-4-10-7-5-9(2)6-8-10;1-7(10)9-5-3-8(2)4-6-9/h3-8H2,1-2H3;3-8H2,1-2H3;3-6H2,1-2H3. The Labute approximate surface area is 192 Å². The molecule has 3 fully saturated rings. The van der Waals surface area contributed by atoms with Crippen LogP contribution in [-0.2, 0) is 9.53 Å². The molecule has 0 aromatic carbocycles. The van der Waals surface area contributed by atoms with Crippen LogP contribution in [0.5, 0.6) is 0 Å². The predicted octanol–water partition coefficient (Wildman–Crippen LogP) is 0.304. The average Bonchev–Trinajstić information content (AvgIpc) is 2.76. The minimum atomic E-state index is 0.202. The summed E-state index contributed by atoms with van der Waals surface area (Å²) in [5.74, 6) is 0.202. The summed E-state index contributed by atoms with van der Waals surface area (Å²) >= 11 is 0. The summed E-state index contributed by atoms with van der Waals surface area (Å²) in [6.07, 6.45) is 1.30. The van der Waals surface area contributed by atoms with E-state index >= 15 is 0 Å². The highest BCUT2D eigenvalue weighted by Gasteiger charge is 2.15. The topological polar surface area (TPSA) is 45.7 Å². The largest absolute Gasteiger partial charge is 0.383 e. The predicted molar refractivity (Wildman–Crippen MR) is 130 cm³/mol. The van der Waals surface area contributed by atoms with Crippen molar-refractivity contribution >= 4 is 5.91 Å². The van der Waals surface area contributed by atoms with Gasteiger partial charge in [-0.2, -0.15) is 0 Å². The summed E-state index contributed by atoms with van der Waals surface area (Å²) in [4.78, 5) is 24.7. The molecule has 0 aliphatic carbocycles. The van der Waals surface area contributed by atoms with E-state index < -0.39 is 0 Å². The van der Waals surface area contributed by atoms with Gasteiger partial charge in [0.2, 0.25) is 5.91 Å². The molecule has 3 heterocycles. The normalized spacial score (nSPS) is 22.3. The van der Waals surface area contributed by atoms with Gasteiger partial charge in [0.05, 0.1) is 6.61 Å². The van der Waals surface area contributed by atoms with Crippen molar-refractivity contribution < 1.29 is 9.53 Å². The van der Waals surface area contributed by atoms with E-state index in [9.17, 15) is 4.79 Å². The summed E-state index contributed by atoms with van der Waals surface area (Å²) < 4.78 is 5.02. The number of nitrogens with zero attached hydrogens (tertiary/aromatic N) is 6. The number of carbonyl (C=O) groups excluding carboxylic acids is 1. The van der Waals surface area contributed by atoms with E-state index in [-0.39, 0.29) is 5.91 Å². The van der Waals surface area contributed by atoms with Gasteiger partial charge in [0.25, 0.3) is 0 Å². The molecule has 3 rings (SSSR count). The lowest BCUT2D eigenvalue weighted by Gasteiger charge is -2.31. The van der Waals surface area contributed by atoms with Crippen molar-refractivity contribution in [3.8, 4) is 0 Å². The second-order valence-corrected chi connectivity index (χ2v) is 9.09. The molecule has 0 aromatic heterocycles. The number of methoxy groups -OCH3 is 1. The lowest BCUT2D eigenvalue weighted by Crippen LogP contribution is -2.46. The van der Waals surface area contributed by atoms with E-state index in [0.29, 0.717) is 0 Å². The number of rotatable bonds is 5. The third-order valence-corrected chi connectivity index (χ3v) is 6.29. The molecule has 184 valence electrons. The number of hydrogen-bond donors (Lipinski definition) is 0. The van der Waals surface area contributed by atoms with Gasteiger partial charge in [0.15, 0.2) is 0 Å². The summed E-state index contributed by atoms with van der Waals surface area (Å²) in [6, 6.07) is 0. The van der Waals surface area contributed by atoms with Crippen LogP contribution in [0.3, 0.4) is 0 Å². The highest BCUT2D eigenvalue weighted by Crippen LogP contribution is 2.00. The van der Waals surface area contributed by atoms with E-state index in [1.807, 2.05) is 4.90 Å². The van der Waals surface area contributed by atoms with Gasteiger partial charge < -0.3 is 29.2 Å². The first-order valence-electron chi connectivity index (χ1n) is 12.1. The summed E-state index contributed by atoms with van der Waals surface area (Å²) in [5.41, 5.74) is 0. The van der Waals surface area contributed by atoms with Crippen molar-refractivity contribution in [2.45, 2.75) is 20.3 Å². The summed E-state index contributed by atoms with van der Waals surface area (Å²) in [5, 5.41) is 0. The van der Waals surface area contributed by atoms with Crippen molar-refractivity contribution in [1.82, 2.24) is 29.4 Å². The van der Waals surface area contributed by atoms with Crippen LogP contribution < -0.4 is 0 Å². The lowest BCUT2D eigenvalue weighted by atomic mass is 10.3. The van der Waals surface area contributed by atoms with Crippen LogP contribution in [0.15, 0.2) is 0 Å². The minimum absolute atomic E-state index is 0.202. The SMILES string of the molecule is CC(=O)N1CCN(C)CC1.CCCN1CCN(C)CC1.COCCN1CCN(C)CC1. The van der Waals surface area contributed by atoms with Crippen LogP contribution in [0.25, 0.3) is 0 Å². The van der Waals surface area contributed by atoms with Crippen LogP contribution in [0.2, 0.25) is 0 Å². The van der Waals surface area contributed by atoms with Gasteiger partial charge >= 0.3 is 0 Å². The molecule has 3 aliphatic rings. The van der Waals surface area contributed by atoms with Gasteiger partial charge in [0.1, 0.15) is 0 Å². The van der Waals surface area contributed by atoms with Gasteiger partial charge in [-0.25, -0.2) is 0 Å². The Morgan fingerprint density at radius 1 is 0.677 bits per heavy atom. The smallest absolute Gasteiger partial charge is 0.219 e. The van der Waals surface area contributed by atoms with E-state index in [0.717, 1.165) is 39.3 Å². The molecular weight excluding hydrogens is 392 g/mol. The van der Waals surface area contributed by atoms with Gasteiger partial charge in [-0.05, 0) is 34.1 Å². The first-order chi connectivity index (χ1) is 14.8. The fourth-order valence-electron chi connectivity index (χ4n) is 3.80. The summed E-state index contributed by atoms with van der Waals surface area (Å²) in [6.45, 7) is 20.8. The molecule has 3 aliphatic heterocycles. The van der Waals surface area contributed by atoms with Crippen LogP contribution in [-0.4, -0.2) is 162 Å². The van der Waals surface area contributed by atoms with Crippen molar-refractivity contribution in [2.24, 2.45) is 0 Å². The zero-order valence-electron chi connectivity index (χ0n) is 21.3. The third kappa shape index (κ3) is 13.4. The maximum Gasteiger partial charge on any atom is 0.219 e. The Hall–Kier alpha value is -0.770. The molecule has 8 heteroatoms. The molecule has 0 radical (unpaired) electrons. The number of ether oxygens (including phenoxy) is 1. The lowest BCUT2D eigenvalue weighted by molar-refractivity contribution is -0.130. The molecule has 0 saturated carbocycles. The molecule has 0 atom stereocenters. The molecule has 0 spiro atoms. The highest BCUT2D eigenvalue weighted by atomic mass is 16.5. The number of hydrogen-bond acceptors (Lipinski definition) is 7. The van der Waals surface area contributed by atoms with Gasteiger partial charge in [-0.3, -0.25) is 9.69 Å². The molecule has 0 bridgehead atoms. The Bertz CT molecular complexity index is 441. The fraction of sp³-hybridized carbons (Fsp3) is 0.957. The monoisotopic (exact) mass is 442 g/mol. The molecule has 8 nitrogen and oxygen atoms in total. The van der Waals surface area contributed by atoms with Crippen molar-refractivity contribution in [3.05, 3.63) is 0 Å². The van der Waals surface area contributed by atoms with Gasteiger partial charge in [-0.1, -0.05) is 6.92 Å². The van der Waals surface area contributed by atoms with Gasteiger partial charge in [0, 0.05) is 99.1 Å². The summed E-state index contributed by atoms with van der Waals surface area (Å²) in [7, 11) is 8.21. The molecule has 0 unspecified atom stereocenters. The fourth-order valence-corrected chi connectivity index (χ4v) is 3.80. The second kappa shape index (κ2) is 16.8. The first kappa shape index (κ1) is 28.3. The van der Waals surface area contributed by atoms with E-state index in [2.05, 4.69) is 52.6 Å². The highest BCUT2D eigenvalue weighted by molar-refractivity contribution is 5.73. The van der Waals surface area contributed by atoms with Crippen LogP contribution in [0, 0.1) is 0 Å². The third-order valence-electron chi connectivity index (χ3n) is 6.29. The van der Waals surface area contributed by atoms with Crippen LogP contribution >= 0.6 is 0 Å². The van der Waals surface area contributed by atoms with Crippen molar-refractivity contribution in [2.75, 3.05) is 126 Å². The second-order valence-electron chi connectivity index (χ2n) is 9.09. The maximum absolute atomic E-state index is 10.8. The maximum atomic E-state index is 10.8. The molecule has 0 N–H and O–H groups in total. The molecule has 0 aromatic rings. The van der Waals surface area contributed by atoms with E-state index in [4.69, 9.17) is 4.74 Å². The van der Waals surface area contributed by atoms with Crippen molar-refractivity contribution in [1.29, 1.82) is 0 Å². The molecule has 31 heavy (non-hydrogen) atoms. The number of amides is 1. The van der Waals surface area contributed by atoms with E-state index in [1.54, 1.807) is 14.0 Å². The van der Waals surface area contributed by atoms with E-state index in [1.165, 1.54) is 65.3 Å². The molecule has 1 amide bonds. The number of likely N-dealkylation sites (N-methyl/N-ethyl adjacent to an activating group) is 3.